The van der Waals surface area contributed by atoms with E-state index in [4.69, 9.17) is 0 Å². The average molecular weight is 417 g/mol. The van der Waals surface area contributed by atoms with Crippen molar-refractivity contribution in [3.8, 4) is 0 Å². The van der Waals surface area contributed by atoms with Crippen molar-refractivity contribution in [2.75, 3.05) is 19.3 Å². The molecule has 1 aromatic carbocycles. The number of piperidine rings is 1. The van der Waals surface area contributed by atoms with Gasteiger partial charge in [0.2, 0.25) is 15.9 Å². The van der Waals surface area contributed by atoms with Crippen LogP contribution in [-0.4, -0.2) is 52.4 Å². The van der Waals surface area contributed by atoms with E-state index in [9.17, 15) is 21.6 Å². The highest BCUT2D eigenvalue weighted by Crippen LogP contribution is 2.31. The van der Waals surface area contributed by atoms with Gasteiger partial charge >= 0.3 is 0 Å². The summed E-state index contributed by atoms with van der Waals surface area (Å²) in [6, 6.07) is 5.31. The van der Waals surface area contributed by atoms with E-state index in [2.05, 4.69) is 5.32 Å². The van der Waals surface area contributed by atoms with Crippen molar-refractivity contribution in [3.63, 3.8) is 0 Å². The standard InChI is InChI=1S/C18H28N2O5S2/c1-4-5-12-19-18(21)15-11-10-14(2)20(13-15)27(24,25)17-9-7-6-8-16(17)26(3,22)23/h6-9,14-15H,4-5,10-13H2,1-3H3,(H,19,21). The highest BCUT2D eigenvalue weighted by molar-refractivity contribution is 7.93. The maximum atomic E-state index is 13.2. The molecule has 1 heterocycles. The summed E-state index contributed by atoms with van der Waals surface area (Å²) in [6.07, 6.45) is 3.99. The van der Waals surface area contributed by atoms with Crippen molar-refractivity contribution in [3.05, 3.63) is 24.3 Å². The molecular weight excluding hydrogens is 388 g/mol. The van der Waals surface area contributed by atoms with Gasteiger partial charge in [-0.1, -0.05) is 25.5 Å². The van der Waals surface area contributed by atoms with Crippen molar-refractivity contribution in [2.24, 2.45) is 5.92 Å². The van der Waals surface area contributed by atoms with Gasteiger partial charge in [-0.2, -0.15) is 4.31 Å². The van der Waals surface area contributed by atoms with E-state index in [1.54, 1.807) is 6.92 Å². The number of sulfonamides is 1. The lowest BCUT2D eigenvalue weighted by atomic mass is 9.94. The van der Waals surface area contributed by atoms with Crippen LogP contribution in [-0.2, 0) is 24.7 Å². The SMILES string of the molecule is CCCCNC(=O)C1CCC(C)N(S(=O)(=O)c2ccccc2S(C)(=O)=O)C1. The Morgan fingerprint density at radius 1 is 1.15 bits per heavy atom. The van der Waals surface area contributed by atoms with Crippen LogP contribution < -0.4 is 5.32 Å². The molecule has 1 aromatic rings. The largest absolute Gasteiger partial charge is 0.356 e. The summed E-state index contributed by atoms with van der Waals surface area (Å²) in [5.41, 5.74) is 0. The van der Waals surface area contributed by atoms with Gasteiger partial charge in [0.05, 0.1) is 10.8 Å². The smallest absolute Gasteiger partial charge is 0.244 e. The molecule has 0 radical (unpaired) electrons. The fourth-order valence-electron chi connectivity index (χ4n) is 3.25. The minimum absolute atomic E-state index is 0.0551. The Bertz CT molecular complexity index is 881. The third kappa shape index (κ3) is 5.08. The summed E-state index contributed by atoms with van der Waals surface area (Å²) in [4.78, 5) is 11.9. The first-order valence-electron chi connectivity index (χ1n) is 9.17. The molecule has 2 atom stereocenters. The second kappa shape index (κ2) is 8.70. The summed E-state index contributed by atoms with van der Waals surface area (Å²) >= 11 is 0. The number of nitrogens with one attached hydrogen (secondary N) is 1. The quantitative estimate of drug-likeness (QED) is 0.683. The number of nitrogens with zero attached hydrogens (tertiary/aromatic N) is 1. The molecule has 152 valence electrons. The van der Waals surface area contributed by atoms with Crippen LogP contribution in [0.15, 0.2) is 34.1 Å². The van der Waals surface area contributed by atoms with Crippen molar-refractivity contribution >= 4 is 25.8 Å². The van der Waals surface area contributed by atoms with Gasteiger partial charge < -0.3 is 5.32 Å². The Labute approximate surface area is 162 Å². The Kier molecular flexibility index (Phi) is 7.04. The lowest BCUT2D eigenvalue weighted by Crippen LogP contribution is -2.49. The van der Waals surface area contributed by atoms with E-state index in [0.29, 0.717) is 19.4 Å². The average Bonchev–Trinajstić information content (AvgIpc) is 2.61. The Hall–Kier alpha value is -1.45. The molecule has 0 aromatic heterocycles. The first-order chi connectivity index (χ1) is 12.6. The first kappa shape index (κ1) is 21.8. The van der Waals surface area contributed by atoms with Crippen molar-refractivity contribution < 1.29 is 21.6 Å². The Balaban J connectivity index is 2.31. The number of carbonyl (C=O) groups is 1. The number of carbonyl (C=O) groups excluding carboxylic acids is 1. The van der Waals surface area contributed by atoms with Gasteiger partial charge in [0.1, 0.15) is 4.90 Å². The van der Waals surface area contributed by atoms with E-state index < -0.39 is 25.8 Å². The summed E-state index contributed by atoms with van der Waals surface area (Å²) < 4.78 is 51.8. The number of rotatable bonds is 7. The number of amides is 1. The molecule has 2 unspecified atom stereocenters. The molecule has 2 rings (SSSR count). The third-order valence-corrected chi connectivity index (χ3v) is 8.18. The van der Waals surface area contributed by atoms with Gasteiger partial charge in [0.25, 0.3) is 0 Å². The van der Waals surface area contributed by atoms with Crippen molar-refractivity contribution in [1.29, 1.82) is 0 Å². The van der Waals surface area contributed by atoms with E-state index in [0.717, 1.165) is 19.1 Å². The number of hydrogen-bond donors (Lipinski definition) is 1. The Morgan fingerprint density at radius 2 is 1.78 bits per heavy atom. The van der Waals surface area contributed by atoms with Crippen LogP contribution in [0.5, 0.6) is 0 Å². The van der Waals surface area contributed by atoms with Crippen LogP contribution >= 0.6 is 0 Å². The molecule has 9 heteroatoms. The molecule has 0 bridgehead atoms. The van der Waals surface area contributed by atoms with E-state index in [1.807, 2.05) is 6.92 Å². The maximum Gasteiger partial charge on any atom is 0.244 e. The highest BCUT2D eigenvalue weighted by atomic mass is 32.2. The van der Waals surface area contributed by atoms with Crippen LogP contribution in [0.1, 0.15) is 39.5 Å². The minimum Gasteiger partial charge on any atom is -0.356 e. The molecule has 7 nitrogen and oxygen atoms in total. The predicted octanol–water partition coefficient (Wildman–Crippen LogP) is 1.80. The van der Waals surface area contributed by atoms with Gasteiger partial charge in [0.15, 0.2) is 9.84 Å². The zero-order chi connectivity index (χ0) is 20.2. The predicted molar refractivity (Wildman–Crippen MR) is 104 cm³/mol. The van der Waals surface area contributed by atoms with Crippen LogP contribution in [0.4, 0.5) is 0 Å². The molecule has 1 aliphatic rings. The van der Waals surface area contributed by atoms with Gasteiger partial charge in [0, 0.05) is 25.4 Å². The summed E-state index contributed by atoms with van der Waals surface area (Å²) in [7, 11) is -7.75. The normalized spacial score (nSPS) is 21.7. The topological polar surface area (TPSA) is 101 Å². The molecular formula is C18H28N2O5S2. The van der Waals surface area contributed by atoms with Gasteiger partial charge in [-0.3, -0.25) is 4.79 Å². The number of hydrogen-bond acceptors (Lipinski definition) is 5. The molecule has 1 amide bonds. The molecule has 1 saturated heterocycles. The lowest BCUT2D eigenvalue weighted by molar-refractivity contribution is -0.126. The molecule has 1 fully saturated rings. The van der Waals surface area contributed by atoms with Gasteiger partial charge in [-0.05, 0) is 38.3 Å². The summed E-state index contributed by atoms with van der Waals surface area (Å²) in [5.74, 6) is -0.579. The Morgan fingerprint density at radius 3 is 2.37 bits per heavy atom. The molecule has 1 N–H and O–H groups in total. The van der Waals surface area contributed by atoms with Gasteiger partial charge in [-0.15, -0.1) is 0 Å². The second-order valence-corrected chi connectivity index (χ2v) is 10.9. The second-order valence-electron chi connectivity index (χ2n) is 7.06. The lowest BCUT2D eigenvalue weighted by Gasteiger charge is -2.36. The molecule has 0 aliphatic carbocycles. The van der Waals surface area contributed by atoms with Crippen LogP contribution in [0.25, 0.3) is 0 Å². The molecule has 27 heavy (non-hydrogen) atoms. The molecule has 0 spiro atoms. The summed E-state index contributed by atoms with van der Waals surface area (Å²) in [5, 5.41) is 2.86. The van der Waals surface area contributed by atoms with Crippen LogP contribution in [0.3, 0.4) is 0 Å². The van der Waals surface area contributed by atoms with E-state index in [-0.39, 0.29) is 28.3 Å². The van der Waals surface area contributed by atoms with Crippen molar-refractivity contribution in [2.45, 2.75) is 55.4 Å². The van der Waals surface area contributed by atoms with Crippen molar-refractivity contribution in [1.82, 2.24) is 9.62 Å². The zero-order valence-corrected chi connectivity index (χ0v) is 17.6. The molecule has 1 aliphatic heterocycles. The number of benzene rings is 1. The fraction of sp³-hybridized carbons (Fsp3) is 0.611. The van der Waals surface area contributed by atoms with Crippen LogP contribution in [0, 0.1) is 5.92 Å². The minimum atomic E-state index is -4.04. The maximum absolute atomic E-state index is 13.2. The number of unbranched alkanes of at least 4 members (excludes halogenated alkanes) is 1. The number of sulfone groups is 1. The monoisotopic (exact) mass is 416 g/mol. The van der Waals surface area contributed by atoms with E-state index >= 15 is 0 Å². The summed E-state index contributed by atoms with van der Waals surface area (Å²) in [6.45, 7) is 4.44. The van der Waals surface area contributed by atoms with Crippen LogP contribution in [0.2, 0.25) is 0 Å². The van der Waals surface area contributed by atoms with E-state index in [1.165, 1.54) is 28.6 Å². The molecule has 0 saturated carbocycles. The highest BCUT2D eigenvalue weighted by Gasteiger charge is 2.39. The zero-order valence-electron chi connectivity index (χ0n) is 16.0. The fourth-order valence-corrected chi connectivity index (χ4v) is 6.56. The van der Waals surface area contributed by atoms with Gasteiger partial charge in [-0.25, -0.2) is 16.8 Å². The third-order valence-electron chi connectivity index (χ3n) is 4.86. The first-order valence-corrected chi connectivity index (χ1v) is 12.5.